The second-order valence-corrected chi connectivity index (χ2v) is 7.17. The van der Waals surface area contributed by atoms with E-state index in [9.17, 15) is 4.79 Å². The van der Waals surface area contributed by atoms with Crippen LogP contribution < -0.4 is 5.32 Å². The molecular formula is C16H29N5O3. The van der Waals surface area contributed by atoms with E-state index in [1.165, 1.54) is 0 Å². The molecule has 0 spiro atoms. The van der Waals surface area contributed by atoms with Crippen LogP contribution in [0.25, 0.3) is 0 Å². The van der Waals surface area contributed by atoms with E-state index in [4.69, 9.17) is 9.84 Å². The lowest BCUT2D eigenvalue weighted by molar-refractivity contribution is 0.0256. The summed E-state index contributed by atoms with van der Waals surface area (Å²) < 4.78 is 7.08. The summed E-state index contributed by atoms with van der Waals surface area (Å²) in [5, 5.41) is 20.4. The standard InChI is InChI=1S/C16H29N5O3/c1-16(2,3)24-15(23)20-7-4-5-13(6-8-20)17-11-14-12-21(9-10-22)19-18-14/h12-13,17,22H,4-11H2,1-3H3. The summed E-state index contributed by atoms with van der Waals surface area (Å²) in [6.45, 7) is 8.25. The molecule has 1 atom stereocenters. The van der Waals surface area contributed by atoms with Crippen LogP contribution in [0.1, 0.15) is 45.7 Å². The SMILES string of the molecule is CC(C)(C)OC(=O)N1CCCC(NCc2cn(CCO)nn2)CC1. The van der Waals surface area contributed by atoms with E-state index in [-0.39, 0.29) is 12.7 Å². The lowest BCUT2D eigenvalue weighted by Crippen LogP contribution is -2.38. The number of ether oxygens (including phenoxy) is 1. The summed E-state index contributed by atoms with van der Waals surface area (Å²) in [6, 6.07) is 0.348. The fraction of sp³-hybridized carbons (Fsp3) is 0.812. The minimum absolute atomic E-state index is 0.0549. The third-order valence-electron chi connectivity index (χ3n) is 3.87. The molecule has 0 aromatic carbocycles. The van der Waals surface area contributed by atoms with Gasteiger partial charge in [0.1, 0.15) is 5.60 Å². The third-order valence-corrected chi connectivity index (χ3v) is 3.87. The molecule has 136 valence electrons. The molecule has 2 N–H and O–H groups in total. The number of aliphatic hydroxyl groups is 1. The van der Waals surface area contributed by atoms with Gasteiger partial charge in [0.25, 0.3) is 0 Å². The van der Waals surface area contributed by atoms with Gasteiger partial charge in [-0.05, 0) is 40.0 Å². The number of hydrogen-bond acceptors (Lipinski definition) is 6. The summed E-state index contributed by atoms with van der Waals surface area (Å²) in [4.78, 5) is 14.0. The number of carbonyl (C=O) groups excluding carboxylic acids is 1. The first-order valence-electron chi connectivity index (χ1n) is 8.58. The average molecular weight is 339 g/mol. The van der Waals surface area contributed by atoms with Crippen molar-refractivity contribution >= 4 is 6.09 Å². The van der Waals surface area contributed by atoms with Crippen molar-refractivity contribution in [3.63, 3.8) is 0 Å². The highest BCUT2D eigenvalue weighted by atomic mass is 16.6. The predicted octanol–water partition coefficient (Wildman–Crippen LogP) is 1.15. The first-order chi connectivity index (χ1) is 11.4. The zero-order valence-corrected chi connectivity index (χ0v) is 14.9. The minimum Gasteiger partial charge on any atom is -0.444 e. The average Bonchev–Trinajstić information content (AvgIpc) is 2.79. The van der Waals surface area contributed by atoms with Crippen molar-refractivity contribution < 1.29 is 14.6 Å². The van der Waals surface area contributed by atoms with Crippen molar-refractivity contribution in [1.82, 2.24) is 25.2 Å². The van der Waals surface area contributed by atoms with Crippen molar-refractivity contribution in [3.05, 3.63) is 11.9 Å². The van der Waals surface area contributed by atoms with Gasteiger partial charge in [-0.2, -0.15) is 0 Å². The van der Waals surface area contributed by atoms with Crippen LogP contribution in [0.5, 0.6) is 0 Å². The lowest BCUT2D eigenvalue weighted by atomic mass is 10.1. The van der Waals surface area contributed by atoms with Gasteiger partial charge in [-0.15, -0.1) is 5.10 Å². The second-order valence-electron chi connectivity index (χ2n) is 7.17. The number of amides is 1. The van der Waals surface area contributed by atoms with Crippen LogP contribution in [-0.2, 0) is 17.8 Å². The number of carbonyl (C=O) groups is 1. The summed E-state index contributed by atoms with van der Waals surface area (Å²) in [7, 11) is 0. The first kappa shape index (κ1) is 18.7. The highest BCUT2D eigenvalue weighted by molar-refractivity contribution is 5.68. The molecular weight excluding hydrogens is 310 g/mol. The largest absolute Gasteiger partial charge is 0.444 e. The Morgan fingerprint density at radius 2 is 2.21 bits per heavy atom. The highest BCUT2D eigenvalue weighted by Gasteiger charge is 2.25. The molecule has 1 aliphatic rings. The predicted molar refractivity (Wildman–Crippen MR) is 89.4 cm³/mol. The molecule has 1 saturated heterocycles. The van der Waals surface area contributed by atoms with Crippen LogP contribution in [0.15, 0.2) is 6.20 Å². The molecule has 1 aromatic rings. The van der Waals surface area contributed by atoms with Gasteiger partial charge < -0.3 is 20.1 Å². The molecule has 1 aliphatic heterocycles. The zero-order chi connectivity index (χ0) is 17.6. The molecule has 8 heteroatoms. The lowest BCUT2D eigenvalue weighted by Gasteiger charge is -2.26. The van der Waals surface area contributed by atoms with Crippen LogP contribution in [0, 0.1) is 0 Å². The topological polar surface area (TPSA) is 92.5 Å². The third kappa shape index (κ3) is 6.09. The Morgan fingerprint density at radius 3 is 2.92 bits per heavy atom. The van der Waals surface area contributed by atoms with Gasteiger partial charge in [-0.25, -0.2) is 9.48 Å². The van der Waals surface area contributed by atoms with Crippen molar-refractivity contribution in [3.8, 4) is 0 Å². The van der Waals surface area contributed by atoms with Crippen molar-refractivity contribution in [1.29, 1.82) is 0 Å². The molecule has 2 heterocycles. The number of hydrogen-bond donors (Lipinski definition) is 2. The zero-order valence-electron chi connectivity index (χ0n) is 14.9. The van der Waals surface area contributed by atoms with Crippen LogP contribution in [0.3, 0.4) is 0 Å². The maximum absolute atomic E-state index is 12.2. The van der Waals surface area contributed by atoms with Gasteiger partial charge >= 0.3 is 6.09 Å². The summed E-state index contributed by atoms with van der Waals surface area (Å²) in [5.74, 6) is 0. The number of nitrogens with one attached hydrogen (secondary N) is 1. The van der Waals surface area contributed by atoms with Crippen molar-refractivity contribution in [2.24, 2.45) is 0 Å². The molecule has 0 bridgehead atoms. The Bertz CT molecular complexity index is 526. The quantitative estimate of drug-likeness (QED) is 0.836. The smallest absolute Gasteiger partial charge is 0.410 e. The molecule has 2 rings (SSSR count). The van der Waals surface area contributed by atoms with Gasteiger partial charge in [0.15, 0.2) is 0 Å². The summed E-state index contributed by atoms with van der Waals surface area (Å²) >= 11 is 0. The monoisotopic (exact) mass is 339 g/mol. The van der Waals surface area contributed by atoms with E-state index in [1.54, 1.807) is 9.58 Å². The molecule has 0 aliphatic carbocycles. The van der Waals surface area contributed by atoms with Crippen LogP contribution in [-0.4, -0.2) is 62.4 Å². The van der Waals surface area contributed by atoms with E-state index in [1.807, 2.05) is 27.0 Å². The first-order valence-corrected chi connectivity index (χ1v) is 8.58. The Balaban J connectivity index is 1.77. The number of aromatic nitrogens is 3. The van der Waals surface area contributed by atoms with E-state index in [0.29, 0.717) is 25.7 Å². The Morgan fingerprint density at radius 1 is 1.42 bits per heavy atom. The molecule has 1 unspecified atom stereocenters. The van der Waals surface area contributed by atoms with Crippen LogP contribution >= 0.6 is 0 Å². The van der Waals surface area contributed by atoms with Crippen LogP contribution in [0.4, 0.5) is 4.79 Å². The molecule has 8 nitrogen and oxygen atoms in total. The summed E-state index contributed by atoms with van der Waals surface area (Å²) in [5.41, 5.74) is 0.401. The number of rotatable bonds is 5. The van der Waals surface area contributed by atoms with Crippen LogP contribution in [0.2, 0.25) is 0 Å². The number of likely N-dealkylation sites (tertiary alicyclic amines) is 1. The molecule has 0 saturated carbocycles. The molecule has 24 heavy (non-hydrogen) atoms. The maximum atomic E-state index is 12.2. The van der Waals surface area contributed by atoms with Gasteiger partial charge in [0.2, 0.25) is 0 Å². The normalized spacial score (nSPS) is 19.2. The Kier molecular flexibility index (Phi) is 6.56. The van der Waals surface area contributed by atoms with Crippen molar-refractivity contribution in [2.45, 2.75) is 64.8 Å². The fourth-order valence-corrected chi connectivity index (χ4v) is 2.69. The maximum Gasteiger partial charge on any atom is 0.410 e. The second kappa shape index (κ2) is 8.43. The Labute approximate surface area is 143 Å². The van der Waals surface area contributed by atoms with Gasteiger partial charge in [0, 0.05) is 31.9 Å². The number of nitrogens with zero attached hydrogens (tertiary/aromatic N) is 4. The fourth-order valence-electron chi connectivity index (χ4n) is 2.69. The summed E-state index contributed by atoms with van der Waals surface area (Å²) in [6.07, 6.45) is 4.48. The van der Waals surface area contributed by atoms with E-state index < -0.39 is 5.60 Å². The van der Waals surface area contributed by atoms with Crippen molar-refractivity contribution in [2.75, 3.05) is 19.7 Å². The van der Waals surface area contributed by atoms with E-state index in [2.05, 4.69) is 15.6 Å². The van der Waals surface area contributed by atoms with E-state index >= 15 is 0 Å². The van der Waals surface area contributed by atoms with Gasteiger partial charge in [-0.1, -0.05) is 5.21 Å². The molecule has 1 aromatic heterocycles. The minimum atomic E-state index is -0.457. The number of aliphatic hydroxyl groups excluding tert-OH is 1. The van der Waals surface area contributed by atoms with Gasteiger partial charge in [0.05, 0.1) is 18.8 Å². The van der Waals surface area contributed by atoms with E-state index in [0.717, 1.165) is 31.5 Å². The molecule has 0 radical (unpaired) electrons. The van der Waals surface area contributed by atoms with Gasteiger partial charge in [-0.3, -0.25) is 0 Å². The molecule has 1 fully saturated rings. The Hall–Kier alpha value is -1.67. The molecule has 1 amide bonds. The highest BCUT2D eigenvalue weighted by Crippen LogP contribution is 2.15.